The predicted molar refractivity (Wildman–Crippen MR) is 55.2 cm³/mol. The predicted octanol–water partition coefficient (Wildman–Crippen LogP) is 1.06. The number of hydrogen-bond donors (Lipinski definition) is 2. The summed E-state index contributed by atoms with van der Waals surface area (Å²) in [6, 6.07) is 0.789. The Labute approximate surface area is 85.8 Å². The van der Waals surface area contributed by atoms with E-state index in [0.29, 0.717) is 19.3 Å². The van der Waals surface area contributed by atoms with Gasteiger partial charge in [-0.05, 0) is 12.8 Å². The quantitative estimate of drug-likeness (QED) is 0.653. The number of rotatable bonds is 2. The van der Waals surface area contributed by atoms with E-state index in [1.54, 1.807) is 0 Å². The number of ether oxygens (including phenoxy) is 1. The standard InChI is InChI=1S/C11H21NO2/c13-11-8-14-7-10(11)12-9-5-3-1-2-4-6-9/h9-13H,1-8H2. The molecule has 1 saturated heterocycles. The van der Waals surface area contributed by atoms with Crippen LogP contribution in [0.15, 0.2) is 0 Å². The van der Waals surface area contributed by atoms with Crippen molar-refractivity contribution in [2.45, 2.75) is 56.7 Å². The smallest absolute Gasteiger partial charge is 0.0948 e. The number of hydrogen-bond acceptors (Lipinski definition) is 3. The van der Waals surface area contributed by atoms with Gasteiger partial charge in [-0.2, -0.15) is 0 Å². The van der Waals surface area contributed by atoms with Crippen LogP contribution in [0.3, 0.4) is 0 Å². The van der Waals surface area contributed by atoms with Crippen LogP contribution in [0.5, 0.6) is 0 Å². The third-order valence-corrected chi connectivity index (χ3v) is 3.36. The van der Waals surface area contributed by atoms with Crippen molar-refractivity contribution in [2.75, 3.05) is 13.2 Å². The molecule has 3 nitrogen and oxygen atoms in total. The second kappa shape index (κ2) is 5.10. The second-order valence-corrected chi connectivity index (χ2v) is 4.57. The van der Waals surface area contributed by atoms with Crippen molar-refractivity contribution in [1.82, 2.24) is 5.32 Å². The van der Waals surface area contributed by atoms with Gasteiger partial charge in [-0.1, -0.05) is 25.7 Å². The summed E-state index contributed by atoms with van der Waals surface area (Å²) >= 11 is 0. The summed E-state index contributed by atoms with van der Waals surface area (Å²) in [5, 5.41) is 13.1. The van der Waals surface area contributed by atoms with Gasteiger partial charge in [0.25, 0.3) is 0 Å². The highest BCUT2D eigenvalue weighted by atomic mass is 16.5. The highest BCUT2D eigenvalue weighted by Crippen LogP contribution is 2.18. The Morgan fingerprint density at radius 1 is 1.00 bits per heavy atom. The molecule has 1 aliphatic heterocycles. The fourth-order valence-corrected chi connectivity index (χ4v) is 2.45. The molecule has 0 aromatic carbocycles. The topological polar surface area (TPSA) is 41.5 Å². The van der Waals surface area contributed by atoms with Crippen molar-refractivity contribution in [3.63, 3.8) is 0 Å². The monoisotopic (exact) mass is 199 g/mol. The summed E-state index contributed by atoms with van der Waals surface area (Å²) in [4.78, 5) is 0. The molecule has 2 rings (SSSR count). The zero-order valence-corrected chi connectivity index (χ0v) is 8.74. The lowest BCUT2D eigenvalue weighted by atomic mass is 10.1. The van der Waals surface area contributed by atoms with Crippen molar-refractivity contribution in [1.29, 1.82) is 0 Å². The summed E-state index contributed by atoms with van der Waals surface area (Å²) in [5.41, 5.74) is 0. The lowest BCUT2D eigenvalue weighted by Gasteiger charge is -2.22. The van der Waals surface area contributed by atoms with E-state index in [0.717, 1.165) is 0 Å². The van der Waals surface area contributed by atoms with Gasteiger partial charge in [-0.25, -0.2) is 0 Å². The molecule has 0 aromatic rings. The Kier molecular flexibility index (Phi) is 3.79. The third-order valence-electron chi connectivity index (χ3n) is 3.36. The SMILES string of the molecule is OC1COCC1NC1CCCCCC1. The van der Waals surface area contributed by atoms with Gasteiger partial charge in [0.1, 0.15) is 0 Å². The minimum Gasteiger partial charge on any atom is -0.389 e. The fourth-order valence-electron chi connectivity index (χ4n) is 2.45. The van der Waals surface area contributed by atoms with Crippen LogP contribution in [0.1, 0.15) is 38.5 Å². The van der Waals surface area contributed by atoms with Crippen LogP contribution in [0.4, 0.5) is 0 Å². The highest BCUT2D eigenvalue weighted by molar-refractivity contribution is 4.84. The average molecular weight is 199 g/mol. The van der Waals surface area contributed by atoms with Crippen molar-refractivity contribution in [3.05, 3.63) is 0 Å². The van der Waals surface area contributed by atoms with Gasteiger partial charge in [0.05, 0.1) is 25.4 Å². The molecule has 0 amide bonds. The van der Waals surface area contributed by atoms with Crippen LogP contribution in [0.2, 0.25) is 0 Å². The summed E-state index contributed by atoms with van der Waals surface area (Å²) in [7, 11) is 0. The fraction of sp³-hybridized carbons (Fsp3) is 1.00. The molecule has 1 heterocycles. The number of aliphatic hydroxyl groups is 1. The number of aliphatic hydroxyl groups excluding tert-OH is 1. The molecular weight excluding hydrogens is 178 g/mol. The van der Waals surface area contributed by atoms with E-state index in [1.807, 2.05) is 0 Å². The molecule has 1 saturated carbocycles. The Balaban J connectivity index is 1.77. The van der Waals surface area contributed by atoms with Crippen LogP contribution >= 0.6 is 0 Å². The molecule has 0 spiro atoms. The van der Waals surface area contributed by atoms with Gasteiger partial charge in [0.15, 0.2) is 0 Å². The molecule has 2 atom stereocenters. The molecule has 2 fully saturated rings. The largest absolute Gasteiger partial charge is 0.389 e. The summed E-state index contributed by atoms with van der Waals surface area (Å²) < 4.78 is 5.23. The minimum atomic E-state index is -0.293. The van der Waals surface area contributed by atoms with Gasteiger partial charge in [0.2, 0.25) is 0 Å². The maximum Gasteiger partial charge on any atom is 0.0948 e. The van der Waals surface area contributed by atoms with Crippen molar-refractivity contribution in [3.8, 4) is 0 Å². The molecule has 14 heavy (non-hydrogen) atoms. The second-order valence-electron chi connectivity index (χ2n) is 4.57. The van der Waals surface area contributed by atoms with Crippen LogP contribution in [-0.2, 0) is 4.74 Å². The Bertz CT molecular complexity index is 167. The molecule has 1 aliphatic carbocycles. The van der Waals surface area contributed by atoms with E-state index in [1.165, 1.54) is 38.5 Å². The van der Waals surface area contributed by atoms with Crippen molar-refractivity contribution < 1.29 is 9.84 Å². The molecule has 0 aromatic heterocycles. The van der Waals surface area contributed by atoms with E-state index < -0.39 is 0 Å². The van der Waals surface area contributed by atoms with Crippen molar-refractivity contribution in [2.24, 2.45) is 0 Å². The van der Waals surface area contributed by atoms with Gasteiger partial charge in [-0.3, -0.25) is 0 Å². The van der Waals surface area contributed by atoms with E-state index in [9.17, 15) is 5.11 Å². The van der Waals surface area contributed by atoms with Gasteiger partial charge >= 0.3 is 0 Å². The first-order valence-electron chi connectivity index (χ1n) is 5.88. The van der Waals surface area contributed by atoms with E-state index in [-0.39, 0.29) is 12.1 Å². The molecule has 0 radical (unpaired) electrons. The first kappa shape index (κ1) is 10.4. The Morgan fingerprint density at radius 3 is 2.29 bits per heavy atom. The molecule has 2 N–H and O–H groups in total. The lowest BCUT2D eigenvalue weighted by Crippen LogP contribution is -2.44. The first-order chi connectivity index (χ1) is 6.86. The number of nitrogens with one attached hydrogen (secondary N) is 1. The molecule has 3 heteroatoms. The van der Waals surface area contributed by atoms with Crippen LogP contribution in [0.25, 0.3) is 0 Å². The van der Waals surface area contributed by atoms with Crippen LogP contribution in [-0.4, -0.2) is 36.5 Å². The summed E-state index contributed by atoms with van der Waals surface area (Å²) in [6.45, 7) is 1.18. The summed E-state index contributed by atoms with van der Waals surface area (Å²) in [6.07, 6.45) is 7.66. The molecule has 2 aliphatic rings. The van der Waals surface area contributed by atoms with Gasteiger partial charge in [-0.15, -0.1) is 0 Å². The highest BCUT2D eigenvalue weighted by Gasteiger charge is 2.28. The Morgan fingerprint density at radius 2 is 1.71 bits per heavy atom. The zero-order valence-electron chi connectivity index (χ0n) is 8.74. The van der Waals surface area contributed by atoms with E-state index in [2.05, 4.69) is 5.32 Å². The molecular formula is C11H21NO2. The van der Waals surface area contributed by atoms with E-state index in [4.69, 9.17) is 4.74 Å². The molecule has 82 valence electrons. The Hall–Kier alpha value is -0.120. The molecule has 0 bridgehead atoms. The van der Waals surface area contributed by atoms with Crippen LogP contribution in [0, 0.1) is 0 Å². The van der Waals surface area contributed by atoms with E-state index >= 15 is 0 Å². The third kappa shape index (κ3) is 2.69. The van der Waals surface area contributed by atoms with Crippen molar-refractivity contribution >= 4 is 0 Å². The first-order valence-corrected chi connectivity index (χ1v) is 5.88. The van der Waals surface area contributed by atoms with Gasteiger partial charge < -0.3 is 15.2 Å². The van der Waals surface area contributed by atoms with Gasteiger partial charge in [0, 0.05) is 6.04 Å². The lowest BCUT2D eigenvalue weighted by molar-refractivity contribution is 0.121. The maximum atomic E-state index is 9.60. The maximum absolute atomic E-state index is 9.60. The van der Waals surface area contributed by atoms with Crippen LogP contribution < -0.4 is 5.32 Å². The summed E-state index contributed by atoms with van der Waals surface area (Å²) in [5.74, 6) is 0. The zero-order chi connectivity index (χ0) is 9.80. The minimum absolute atomic E-state index is 0.179. The molecule has 2 unspecified atom stereocenters. The average Bonchev–Trinajstić information content (AvgIpc) is 2.44. The normalized spacial score (nSPS) is 35.8.